The van der Waals surface area contributed by atoms with Gasteiger partial charge in [-0.3, -0.25) is 0 Å². The summed E-state index contributed by atoms with van der Waals surface area (Å²) >= 11 is 6.09. The number of urea groups is 1. The van der Waals surface area contributed by atoms with Crippen molar-refractivity contribution in [2.45, 2.75) is 39.2 Å². The molecule has 0 aliphatic carbocycles. The lowest BCUT2D eigenvalue weighted by atomic mass is 10.2. The van der Waals surface area contributed by atoms with Crippen LogP contribution in [0.5, 0.6) is 0 Å². The number of carbonyl (C=O) groups is 1. The van der Waals surface area contributed by atoms with Gasteiger partial charge in [-0.1, -0.05) is 30.5 Å². The molecule has 1 fully saturated rings. The third-order valence-electron chi connectivity index (χ3n) is 4.71. The summed E-state index contributed by atoms with van der Waals surface area (Å²) in [4.78, 5) is 19.0. The molecule has 0 bridgehead atoms. The fourth-order valence-electron chi connectivity index (χ4n) is 3.13. The van der Waals surface area contributed by atoms with Crippen molar-refractivity contribution in [3.8, 4) is 0 Å². The Morgan fingerprint density at radius 2 is 1.96 bits per heavy atom. The van der Waals surface area contributed by atoms with Gasteiger partial charge in [-0.25, -0.2) is 9.78 Å². The van der Waals surface area contributed by atoms with E-state index in [1.165, 1.54) is 25.7 Å². The summed E-state index contributed by atoms with van der Waals surface area (Å²) < 4.78 is 0. The summed E-state index contributed by atoms with van der Waals surface area (Å²) in [7, 11) is 0. The summed E-state index contributed by atoms with van der Waals surface area (Å²) in [6, 6.07) is 9.22. The molecule has 1 aromatic heterocycles. The van der Waals surface area contributed by atoms with Crippen molar-refractivity contribution in [2.75, 3.05) is 23.3 Å². The van der Waals surface area contributed by atoms with Gasteiger partial charge in [0.25, 0.3) is 0 Å². The average Bonchev–Trinajstić information content (AvgIpc) is 2.94. The molecule has 0 saturated carbocycles. The number of hydrogen-bond acceptors (Lipinski definition) is 3. The molecule has 2 heterocycles. The molecule has 1 aliphatic heterocycles. The second-order valence-electron chi connectivity index (χ2n) is 6.64. The van der Waals surface area contributed by atoms with Crippen LogP contribution in [0.4, 0.5) is 16.3 Å². The number of pyridine rings is 1. The monoisotopic (exact) mass is 372 g/mol. The van der Waals surface area contributed by atoms with Crippen molar-refractivity contribution in [1.82, 2.24) is 10.3 Å². The first-order valence-corrected chi connectivity index (χ1v) is 9.51. The topological polar surface area (TPSA) is 57.3 Å². The number of hydrogen-bond donors (Lipinski definition) is 2. The second kappa shape index (κ2) is 8.90. The Bertz CT molecular complexity index is 757. The minimum absolute atomic E-state index is 0.247. The highest BCUT2D eigenvalue weighted by Gasteiger charge is 2.12. The lowest BCUT2D eigenvalue weighted by Crippen LogP contribution is -2.29. The molecular formula is C20H25ClN4O. The molecule has 3 rings (SSSR count). The number of anilines is 2. The Hall–Kier alpha value is -2.27. The van der Waals surface area contributed by atoms with Gasteiger partial charge in [0.2, 0.25) is 0 Å². The number of nitrogens with one attached hydrogen (secondary N) is 2. The van der Waals surface area contributed by atoms with E-state index in [2.05, 4.69) is 26.6 Å². The fraction of sp³-hybridized carbons (Fsp3) is 0.400. The molecule has 2 amide bonds. The van der Waals surface area contributed by atoms with Crippen LogP contribution in [0, 0.1) is 6.92 Å². The van der Waals surface area contributed by atoms with Crippen LogP contribution in [0.1, 0.15) is 36.8 Å². The maximum Gasteiger partial charge on any atom is 0.319 e. The molecule has 2 N–H and O–H groups in total. The molecule has 0 atom stereocenters. The Morgan fingerprint density at radius 3 is 2.73 bits per heavy atom. The van der Waals surface area contributed by atoms with Gasteiger partial charge in [0.1, 0.15) is 5.82 Å². The number of rotatable bonds is 4. The molecular weight excluding hydrogens is 348 g/mol. The predicted octanol–water partition coefficient (Wildman–Crippen LogP) is 4.75. The maximum absolute atomic E-state index is 12.2. The Labute approximate surface area is 159 Å². The predicted molar refractivity (Wildman–Crippen MR) is 107 cm³/mol. The van der Waals surface area contributed by atoms with Gasteiger partial charge in [0, 0.05) is 36.5 Å². The van der Waals surface area contributed by atoms with E-state index >= 15 is 0 Å². The Kier molecular flexibility index (Phi) is 6.34. The first kappa shape index (κ1) is 18.5. The zero-order valence-electron chi connectivity index (χ0n) is 15.1. The molecule has 1 saturated heterocycles. The van der Waals surface area contributed by atoms with E-state index in [1.807, 2.05) is 31.3 Å². The molecule has 6 heteroatoms. The van der Waals surface area contributed by atoms with Crippen LogP contribution in [0.3, 0.4) is 0 Å². The Morgan fingerprint density at radius 1 is 1.19 bits per heavy atom. The summed E-state index contributed by atoms with van der Waals surface area (Å²) in [5, 5.41) is 6.38. The SMILES string of the molecule is Cc1c(Cl)cccc1NC(=O)NCc1ccnc(N2CCCCCC2)c1. The molecule has 138 valence electrons. The minimum Gasteiger partial charge on any atom is -0.357 e. The van der Waals surface area contributed by atoms with Crippen molar-refractivity contribution < 1.29 is 4.79 Å². The number of nitrogens with zero attached hydrogens (tertiary/aromatic N) is 2. The number of amides is 2. The highest BCUT2D eigenvalue weighted by atomic mass is 35.5. The van der Waals surface area contributed by atoms with E-state index in [0.29, 0.717) is 11.6 Å². The molecule has 1 aromatic carbocycles. The van der Waals surface area contributed by atoms with E-state index in [-0.39, 0.29) is 6.03 Å². The first-order chi connectivity index (χ1) is 12.6. The van der Waals surface area contributed by atoms with Crippen molar-refractivity contribution in [3.63, 3.8) is 0 Å². The van der Waals surface area contributed by atoms with E-state index < -0.39 is 0 Å². The summed E-state index contributed by atoms with van der Waals surface area (Å²) in [6.45, 7) is 4.44. The lowest BCUT2D eigenvalue weighted by Gasteiger charge is -2.21. The molecule has 1 aliphatic rings. The van der Waals surface area contributed by atoms with Crippen LogP contribution < -0.4 is 15.5 Å². The van der Waals surface area contributed by atoms with Crippen molar-refractivity contribution >= 4 is 29.1 Å². The lowest BCUT2D eigenvalue weighted by molar-refractivity contribution is 0.251. The smallest absolute Gasteiger partial charge is 0.319 e. The molecule has 0 radical (unpaired) electrons. The van der Waals surface area contributed by atoms with Crippen LogP contribution in [0.15, 0.2) is 36.5 Å². The first-order valence-electron chi connectivity index (χ1n) is 9.13. The van der Waals surface area contributed by atoms with Crippen molar-refractivity contribution in [2.24, 2.45) is 0 Å². The van der Waals surface area contributed by atoms with Gasteiger partial charge in [0.15, 0.2) is 0 Å². The second-order valence-corrected chi connectivity index (χ2v) is 7.05. The van der Waals surface area contributed by atoms with E-state index in [1.54, 1.807) is 6.07 Å². The maximum atomic E-state index is 12.2. The van der Waals surface area contributed by atoms with Gasteiger partial charge in [-0.2, -0.15) is 0 Å². The van der Waals surface area contributed by atoms with Gasteiger partial charge < -0.3 is 15.5 Å². The molecule has 0 spiro atoms. The molecule has 5 nitrogen and oxygen atoms in total. The Balaban J connectivity index is 1.58. The van der Waals surface area contributed by atoms with Crippen LogP contribution in [-0.4, -0.2) is 24.1 Å². The zero-order chi connectivity index (χ0) is 18.4. The van der Waals surface area contributed by atoms with E-state index in [4.69, 9.17) is 11.6 Å². The normalized spacial score (nSPS) is 14.6. The third-order valence-corrected chi connectivity index (χ3v) is 5.12. The molecule has 26 heavy (non-hydrogen) atoms. The number of benzene rings is 1. The van der Waals surface area contributed by atoms with E-state index in [9.17, 15) is 4.79 Å². The number of carbonyl (C=O) groups excluding carboxylic acids is 1. The zero-order valence-corrected chi connectivity index (χ0v) is 15.9. The summed E-state index contributed by atoms with van der Waals surface area (Å²) in [5.74, 6) is 0.997. The van der Waals surface area contributed by atoms with Gasteiger partial charge in [0.05, 0.1) is 0 Å². The van der Waals surface area contributed by atoms with Crippen LogP contribution in [-0.2, 0) is 6.54 Å². The van der Waals surface area contributed by atoms with E-state index in [0.717, 1.165) is 35.7 Å². The summed E-state index contributed by atoms with van der Waals surface area (Å²) in [6.07, 6.45) is 6.83. The quantitative estimate of drug-likeness (QED) is 0.814. The molecule has 0 unspecified atom stereocenters. The van der Waals surface area contributed by atoms with Crippen LogP contribution in [0.2, 0.25) is 5.02 Å². The average molecular weight is 373 g/mol. The largest absolute Gasteiger partial charge is 0.357 e. The minimum atomic E-state index is -0.247. The standard InChI is InChI=1S/C20H25ClN4O/c1-15-17(21)7-6-8-18(15)24-20(26)23-14-16-9-10-22-19(13-16)25-11-4-2-3-5-12-25/h6-10,13H,2-5,11-12,14H2,1H3,(H2,23,24,26). The van der Waals surface area contributed by atoms with Gasteiger partial charge in [-0.15, -0.1) is 0 Å². The molecule has 2 aromatic rings. The van der Waals surface area contributed by atoms with Gasteiger partial charge in [-0.05, 0) is 55.2 Å². The highest BCUT2D eigenvalue weighted by Crippen LogP contribution is 2.23. The number of halogens is 1. The van der Waals surface area contributed by atoms with Gasteiger partial charge >= 0.3 is 6.03 Å². The highest BCUT2D eigenvalue weighted by molar-refractivity contribution is 6.31. The van der Waals surface area contributed by atoms with Crippen molar-refractivity contribution in [3.05, 3.63) is 52.7 Å². The van der Waals surface area contributed by atoms with Crippen LogP contribution >= 0.6 is 11.6 Å². The van der Waals surface area contributed by atoms with Crippen LogP contribution in [0.25, 0.3) is 0 Å². The number of aromatic nitrogens is 1. The summed E-state index contributed by atoms with van der Waals surface area (Å²) in [5.41, 5.74) is 2.61. The fourth-order valence-corrected chi connectivity index (χ4v) is 3.31. The third kappa shape index (κ3) is 4.88. The van der Waals surface area contributed by atoms with Crippen molar-refractivity contribution in [1.29, 1.82) is 0 Å².